The van der Waals surface area contributed by atoms with E-state index >= 15 is 0 Å². The van der Waals surface area contributed by atoms with Crippen molar-refractivity contribution in [2.75, 3.05) is 7.11 Å². The number of rotatable bonds is 5. The van der Waals surface area contributed by atoms with Crippen molar-refractivity contribution < 1.29 is 4.74 Å². The van der Waals surface area contributed by atoms with E-state index in [-0.39, 0.29) is 0 Å². The average molecular weight is 229 g/mol. The zero-order valence-electron chi connectivity index (χ0n) is 9.76. The third-order valence-corrected chi connectivity index (χ3v) is 2.44. The van der Waals surface area contributed by atoms with Crippen molar-refractivity contribution in [1.82, 2.24) is 15.3 Å². The normalized spacial score (nSPS) is 10.2. The van der Waals surface area contributed by atoms with Gasteiger partial charge in [0.15, 0.2) is 0 Å². The van der Waals surface area contributed by atoms with E-state index < -0.39 is 0 Å². The molecule has 1 aromatic heterocycles. The van der Waals surface area contributed by atoms with Crippen molar-refractivity contribution in [3.05, 3.63) is 54.1 Å². The highest BCUT2D eigenvalue weighted by Gasteiger charge is 1.95. The maximum atomic E-state index is 5.11. The predicted octanol–water partition coefficient (Wildman–Crippen LogP) is 1.77. The first-order valence-electron chi connectivity index (χ1n) is 5.47. The summed E-state index contributed by atoms with van der Waals surface area (Å²) in [5, 5.41) is 3.32. The molecule has 0 radical (unpaired) electrons. The molecule has 1 N–H and O–H groups in total. The fourth-order valence-corrected chi connectivity index (χ4v) is 1.50. The summed E-state index contributed by atoms with van der Waals surface area (Å²) >= 11 is 0. The summed E-state index contributed by atoms with van der Waals surface area (Å²) < 4.78 is 5.11. The Balaban J connectivity index is 1.82. The lowest BCUT2D eigenvalue weighted by atomic mass is 10.2. The van der Waals surface area contributed by atoms with Gasteiger partial charge in [-0.3, -0.25) is 0 Å². The molecule has 0 saturated heterocycles. The Morgan fingerprint density at radius 2 is 1.94 bits per heavy atom. The van der Waals surface area contributed by atoms with Crippen LogP contribution in [-0.2, 0) is 13.1 Å². The third-order valence-electron chi connectivity index (χ3n) is 2.44. The molecule has 0 saturated carbocycles. The van der Waals surface area contributed by atoms with Crippen LogP contribution >= 0.6 is 0 Å². The number of hydrogen-bond acceptors (Lipinski definition) is 4. The Morgan fingerprint density at radius 3 is 2.59 bits per heavy atom. The Kier molecular flexibility index (Phi) is 4.05. The number of nitrogens with one attached hydrogen (secondary N) is 1. The van der Waals surface area contributed by atoms with Gasteiger partial charge in [-0.25, -0.2) is 9.97 Å². The second-order valence-electron chi connectivity index (χ2n) is 3.65. The molecule has 0 amide bonds. The minimum absolute atomic E-state index is 0.745. The molecule has 0 spiro atoms. The van der Waals surface area contributed by atoms with Crippen LogP contribution in [0.1, 0.15) is 11.3 Å². The number of methoxy groups -OCH3 is 1. The molecule has 2 rings (SSSR count). The van der Waals surface area contributed by atoms with E-state index in [0.29, 0.717) is 0 Å². The van der Waals surface area contributed by atoms with E-state index in [2.05, 4.69) is 15.3 Å². The van der Waals surface area contributed by atoms with Gasteiger partial charge in [-0.2, -0.15) is 0 Å². The van der Waals surface area contributed by atoms with Crippen molar-refractivity contribution in [1.29, 1.82) is 0 Å². The van der Waals surface area contributed by atoms with Crippen molar-refractivity contribution in [2.45, 2.75) is 13.1 Å². The summed E-state index contributed by atoms with van der Waals surface area (Å²) in [6.07, 6.45) is 3.31. The van der Waals surface area contributed by atoms with Crippen LogP contribution in [0, 0.1) is 0 Å². The standard InChI is InChI=1S/C13H15N3O/c1-17-13-4-2-11(3-5-13)8-15-9-12-6-7-14-10-16-12/h2-7,10,15H,8-9H2,1H3. The molecule has 0 aliphatic heterocycles. The molecule has 0 atom stereocenters. The van der Waals surface area contributed by atoms with Crippen LogP contribution in [0.4, 0.5) is 0 Å². The first-order valence-corrected chi connectivity index (χ1v) is 5.47. The second kappa shape index (κ2) is 5.96. The van der Waals surface area contributed by atoms with Gasteiger partial charge in [-0.15, -0.1) is 0 Å². The summed E-state index contributed by atoms with van der Waals surface area (Å²) in [4.78, 5) is 8.02. The van der Waals surface area contributed by atoms with Gasteiger partial charge < -0.3 is 10.1 Å². The van der Waals surface area contributed by atoms with Crippen molar-refractivity contribution in [3.8, 4) is 5.75 Å². The van der Waals surface area contributed by atoms with Gasteiger partial charge in [-0.05, 0) is 23.8 Å². The van der Waals surface area contributed by atoms with Crippen LogP contribution in [0.2, 0.25) is 0 Å². The van der Waals surface area contributed by atoms with Crippen LogP contribution in [0.25, 0.3) is 0 Å². The summed E-state index contributed by atoms with van der Waals surface area (Å²) in [5.74, 6) is 0.879. The smallest absolute Gasteiger partial charge is 0.118 e. The van der Waals surface area contributed by atoms with Crippen molar-refractivity contribution >= 4 is 0 Å². The monoisotopic (exact) mass is 229 g/mol. The Morgan fingerprint density at radius 1 is 1.12 bits per heavy atom. The van der Waals surface area contributed by atoms with E-state index in [1.165, 1.54) is 5.56 Å². The molecule has 0 fully saturated rings. The van der Waals surface area contributed by atoms with Crippen molar-refractivity contribution in [3.63, 3.8) is 0 Å². The van der Waals surface area contributed by atoms with Gasteiger partial charge in [0.1, 0.15) is 12.1 Å². The van der Waals surface area contributed by atoms with Gasteiger partial charge in [0, 0.05) is 19.3 Å². The highest BCUT2D eigenvalue weighted by molar-refractivity contribution is 5.27. The topological polar surface area (TPSA) is 47.0 Å². The van der Waals surface area contributed by atoms with E-state index in [1.54, 1.807) is 19.6 Å². The van der Waals surface area contributed by atoms with Crippen molar-refractivity contribution in [2.24, 2.45) is 0 Å². The first kappa shape index (κ1) is 11.5. The Labute approximate surface area is 101 Å². The highest BCUT2D eigenvalue weighted by atomic mass is 16.5. The first-order chi connectivity index (χ1) is 8.38. The highest BCUT2D eigenvalue weighted by Crippen LogP contribution is 2.10. The summed E-state index contributed by atoms with van der Waals surface area (Å²) in [6.45, 7) is 1.56. The molecule has 1 aromatic carbocycles. The van der Waals surface area contributed by atoms with Crippen LogP contribution < -0.4 is 10.1 Å². The zero-order valence-corrected chi connectivity index (χ0v) is 9.76. The number of benzene rings is 1. The Bertz CT molecular complexity index is 442. The van der Waals surface area contributed by atoms with Gasteiger partial charge in [0.2, 0.25) is 0 Å². The lowest BCUT2D eigenvalue weighted by Crippen LogP contribution is -2.13. The van der Waals surface area contributed by atoms with Gasteiger partial charge >= 0.3 is 0 Å². The zero-order chi connectivity index (χ0) is 11.9. The molecule has 0 unspecified atom stereocenters. The van der Waals surface area contributed by atoms with Crippen LogP contribution in [-0.4, -0.2) is 17.1 Å². The minimum atomic E-state index is 0.745. The molecule has 0 bridgehead atoms. The predicted molar refractivity (Wildman–Crippen MR) is 65.6 cm³/mol. The lowest BCUT2D eigenvalue weighted by molar-refractivity contribution is 0.414. The summed E-state index contributed by atoms with van der Waals surface area (Å²) in [7, 11) is 1.67. The second-order valence-corrected chi connectivity index (χ2v) is 3.65. The molecule has 88 valence electrons. The summed E-state index contributed by atoms with van der Waals surface area (Å²) in [6, 6.07) is 9.92. The Hall–Kier alpha value is -1.94. The largest absolute Gasteiger partial charge is 0.497 e. The molecular formula is C13H15N3O. The number of ether oxygens (including phenoxy) is 1. The summed E-state index contributed by atoms with van der Waals surface area (Å²) in [5.41, 5.74) is 2.22. The number of nitrogens with zero attached hydrogens (tertiary/aromatic N) is 2. The van der Waals surface area contributed by atoms with Crippen LogP contribution in [0.3, 0.4) is 0 Å². The molecule has 1 heterocycles. The SMILES string of the molecule is COc1ccc(CNCc2ccncn2)cc1. The lowest BCUT2D eigenvalue weighted by Gasteiger charge is -2.05. The molecule has 0 aliphatic carbocycles. The number of hydrogen-bond donors (Lipinski definition) is 1. The molecule has 17 heavy (non-hydrogen) atoms. The fourth-order valence-electron chi connectivity index (χ4n) is 1.50. The fraction of sp³-hybridized carbons (Fsp3) is 0.231. The maximum absolute atomic E-state index is 5.11. The van der Waals surface area contributed by atoms with E-state index in [0.717, 1.165) is 24.5 Å². The van der Waals surface area contributed by atoms with Gasteiger partial charge in [0.05, 0.1) is 12.8 Å². The molecule has 0 aliphatic rings. The van der Waals surface area contributed by atoms with E-state index in [9.17, 15) is 0 Å². The van der Waals surface area contributed by atoms with E-state index in [4.69, 9.17) is 4.74 Å². The van der Waals surface area contributed by atoms with E-state index in [1.807, 2.05) is 30.3 Å². The third kappa shape index (κ3) is 3.53. The average Bonchev–Trinajstić information content (AvgIpc) is 2.41. The van der Waals surface area contributed by atoms with Gasteiger partial charge in [0.25, 0.3) is 0 Å². The quantitative estimate of drug-likeness (QED) is 0.849. The molecular weight excluding hydrogens is 214 g/mol. The number of aromatic nitrogens is 2. The molecule has 4 nitrogen and oxygen atoms in total. The van der Waals surface area contributed by atoms with Crippen LogP contribution in [0.15, 0.2) is 42.9 Å². The maximum Gasteiger partial charge on any atom is 0.118 e. The molecule has 2 aromatic rings. The minimum Gasteiger partial charge on any atom is -0.497 e. The van der Waals surface area contributed by atoms with Gasteiger partial charge in [-0.1, -0.05) is 12.1 Å². The molecule has 4 heteroatoms. The van der Waals surface area contributed by atoms with Crippen LogP contribution in [0.5, 0.6) is 5.75 Å².